The van der Waals surface area contributed by atoms with Crippen LogP contribution in [0.25, 0.3) is 16.9 Å². The lowest BCUT2D eigenvalue weighted by molar-refractivity contribution is -0.120. The number of hydrazone groups is 1. The van der Waals surface area contributed by atoms with E-state index < -0.39 is 11.8 Å². The van der Waals surface area contributed by atoms with Crippen LogP contribution in [0, 0.1) is 0 Å². The van der Waals surface area contributed by atoms with Crippen molar-refractivity contribution in [3.63, 3.8) is 0 Å². The molecular weight excluding hydrogens is 518 g/mol. The predicted octanol–water partition coefficient (Wildman–Crippen LogP) is 4.84. The van der Waals surface area contributed by atoms with E-state index in [1.165, 1.54) is 6.21 Å². The molecule has 0 aliphatic carbocycles. The number of nitrogens with zero attached hydrogens (tertiary/aromatic N) is 3. The van der Waals surface area contributed by atoms with Crippen molar-refractivity contribution in [1.82, 2.24) is 20.5 Å². The molecule has 3 aromatic carbocycles. The molecule has 0 aliphatic heterocycles. The standard InChI is InChI=1S/C25H19BrClN5O2/c26-19-12-10-17(11-13-19)24-18(16-32(31-24)20-6-2-1-3-7-20)14-29-30-23(33)15-28-25(34)21-8-4-5-9-22(21)27/h1-14,16H,15H2,(H,28,34)(H,30,33)/b29-14-. The average molecular weight is 537 g/mol. The lowest BCUT2D eigenvalue weighted by atomic mass is 10.1. The van der Waals surface area contributed by atoms with E-state index in [0.29, 0.717) is 21.8 Å². The summed E-state index contributed by atoms with van der Waals surface area (Å²) >= 11 is 9.45. The highest BCUT2D eigenvalue weighted by molar-refractivity contribution is 9.10. The van der Waals surface area contributed by atoms with Gasteiger partial charge in [-0.05, 0) is 36.4 Å². The maximum absolute atomic E-state index is 12.2. The first-order chi connectivity index (χ1) is 16.5. The van der Waals surface area contributed by atoms with E-state index in [2.05, 4.69) is 31.8 Å². The molecule has 0 aliphatic rings. The van der Waals surface area contributed by atoms with Gasteiger partial charge >= 0.3 is 0 Å². The minimum Gasteiger partial charge on any atom is -0.343 e. The van der Waals surface area contributed by atoms with Crippen molar-refractivity contribution in [2.45, 2.75) is 0 Å². The van der Waals surface area contributed by atoms with Gasteiger partial charge in [0.25, 0.3) is 11.8 Å². The third-order valence-electron chi connectivity index (χ3n) is 4.80. The molecule has 0 atom stereocenters. The second-order valence-corrected chi connectivity index (χ2v) is 8.50. The number of nitrogens with one attached hydrogen (secondary N) is 2. The van der Waals surface area contributed by atoms with Crippen molar-refractivity contribution < 1.29 is 9.59 Å². The number of hydrogen-bond donors (Lipinski definition) is 2. The molecule has 0 bridgehead atoms. The predicted molar refractivity (Wildman–Crippen MR) is 136 cm³/mol. The van der Waals surface area contributed by atoms with Gasteiger partial charge in [0.05, 0.1) is 29.0 Å². The number of para-hydroxylation sites is 1. The fraction of sp³-hybridized carbons (Fsp3) is 0.0400. The molecule has 4 rings (SSSR count). The summed E-state index contributed by atoms with van der Waals surface area (Å²) in [6, 6.07) is 24.1. The lowest BCUT2D eigenvalue weighted by Gasteiger charge is -2.05. The van der Waals surface area contributed by atoms with E-state index in [-0.39, 0.29) is 6.54 Å². The van der Waals surface area contributed by atoms with Gasteiger partial charge in [0.2, 0.25) is 0 Å². The number of amides is 2. The molecule has 2 amide bonds. The van der Waals surface area contributed by atoms with Gasteiger partial charge in [0, 0.05) is 21.8 Å². The van der Waals surface area contributed by atoms with Crippen LogP contribution < -0.4 is 10.7 Å². The highest BCUT2D eigenvalue weighted by Crippen LogP contribution is 2.24. The minimum atomic E-state index is -0.475. The van der Waals surface area contributed by atoms with Crippen LogP contribution in [0.4, 0.5) is 0 Å². The summed E-state index contributed by atoms with van der Waals surface area (Å²) in [5.74, 6) is -0.913. The molecule has 34 heavy (non-hydrogen) atoms. The molecule has 0 fully saturated rings. The van der Waals surface area contributed by atoms with Gasteiger partial charge in [-0.1, -0.05) is 70.0 Å². The van der Waals surface area contributed by atoms with Gasteiger partial charge < -0.3 is 5.32 Å². The van der Waals surface area contributed by atoms with Crippen LogP contribution in [0.5, 0.6) is 0 Å². The van der Waals surface area contributed by atoms with E-state index >= 15 is 0 Å². The molecule has 0 radical (unpaired) electrons. The van der Waals surface area contributed by atoms with Gasteiger partial charge in [-0.15, -0.1) is 0 Å². The molecular formula is C25H19BrClN5O2. The fourth-order valence-electron chi connectivity index (χ4n) is 3.14. The number of carbonyl (C=O) groups excluding carboxylic acids is 2. The molecule has 0 unspecified atom stereocenters. The Hall–Kier alpha value is -3.75. The van der Waals surface area contributed by atoms with Crippen LogP contribution in [0.15, 0.2) is 94.6 Å². The second kappa shape index (κ2) is 10.9. The zero-order chi connectivity index (χ0) is 23.9. The van der Waals surface area contributed by atoms with E-state index in [1.807, 2.05) is 60.8 Å². The van der Waals surface area contributed by atoms with Crippen molar-refractivity contribution in [3.8, 4) is 16.9 Å². The molecule has 1 aromatic heterocycles. The fourth-order valence-corrected chi connectivity index (χ4v) is 3.63. The number of aromatic nitrogens is 2. The van der Waals surface area contributed by atoms with Gasteiger partial charge in [-0.3, -0.25) is 9.59 Å². The molecule has 170 valence electrons. The molecule has 4 aromatic rings. The van der Waals surface area contributed by atoms with Crippen LogP contribution in [0.3, 0.4) is 0 Å². The van der Waals surface area contributed by atoms with Crippen molar-refractivity contribution in [2.75, 3.05) is 6.54 Å². The van der Waals surface area contributed by atoms with Crippen molar-refractivity contribution in [2.24, 2.45) is 5.10 Å². The van der Waals surface area contributed by atoms with Crippen LogP contribution in [-0.4, -0.2) is 34.4 Å². The third kappa shape index (κ3) is 5.78. The molecule has 0 saturated heterocycles. The van der Waals surface area contributed by atoms with E-state index in [4.69, 9.17) is 16.7 Å². The number of halogens is 2. The molecule has 2 N–H and O–H groups in total. The topological polar surface area (TPSA) is 88.4 Å². The van der Waals surface area contributed by atoms with Gasteiger partial charge in [0.1, 0.15) is 5.69 Å². The second-order valence-electron chi connectivity index (χ2n) is 7.18. The van der Waals surface area contributed by atoms with E-state index in [0.717, 1.165) is 15.7 Å². The SMILES string of the molecule is O=C(CNC(=O)c1ccccc1Cl)N/N=C\c1cn(-c2ccccc2)nc1-c1ccc(Br)cc1. The summed E-state index contributed by atoms with van der Waals surface area (Å²) in [4.78, 5) is 24.4. The van der Waals surface area contributed by atoms with Gasteiger partial charge in [-0.25, -0.2) is 10.1 Å². The van der Waals surface area contributed by atoms with Crippen LogP contribution >= 0.6 is 27.5 Å². The third-order valence-corrected chi connectivity index (χ3v) is 5.66. The summed E-state index contributed by atoms with van der Waals surface area (Å²) in [6.45, 7) is -0.246. The van der Waals surface area contributed by atoms with Gasteiger partial charge in [0.15, 0.2) is 0 Å². The first-order valence-corrected chi connectivity index (χ1v) is 11.4. The minimum absolute atomic E-state index is 0.246. The number of rotatable bonds is 7. The molecule has 1 heterocycles. The van der Waals surface area contributed by atoms with Crippen molar-refractivity contribution >= 4 is 45.6 Å². The molecule has 9 heteroatoms. The Morgan fingerprint density at radius 1 is 1.00 bits per heavy atom. The van der Waals surface area contributed by atoms with E-state index in [9.17, 15) is 9.59 Å². The molecule has 0 spiro atoms. The highest BCUT2D eigenvalue weighted by atomic mass is 79.9. The summed E-state index contributed by atoms with van der Waals surface area (Å²) in [5.41, 5.74) is 5.95. The Morgan fingerprint density at radius 3 is 2.44 bits per heavy atom. The summed E-state index contributed by atoms with van der Waals surface area (Å²) < 4.78 is 2.71. The zero-order valence-electron chi connectivity index (χ0n) is 17.8. The lowest BCUT2D eigenvalue weighted by Crippen LogP contribution is -2.35. The molecule has 7 nitrogen and oxygen atoms in total. The normalized spacial score (nSPS) is 10.9. The van der Waals surface area contributed by atoms with Crippen LogP contribution in [-0.2, 0) is 4.79 Å². The number of benzene rings is 3. The molecule has 0 saturated carbocycles. The first-order valence-electron chi connectivity index (χ1n) is 10.3. The smallest absolute Gasteiger partial charge is 0.259 e. The maximum atomic E-state index is 12.2. The monoisotopic (exact) mass is 535 g/mol. The number of hydrogen-bond acceptors (Lipinski definition) is 4. The Balaban J connectivity index is 1.46. The van der Waals surface area contributed by atoms with Crippen molar-refractivity contribution in [1.29, 1.82) is 0 Å². The van der Waals surface area contributed by atoms with Crippen molar-refractivity contribution in [3.05, 3.63) is 106 Å². The Morgan fingerprint density at radius 2 is 1.71 bits per heavy atom. The quantitative estimate of drug-likeness (QED) is 0.262. The Kier molecular flexibility index (Phi) is 7.51. The Labute approximate surface area is 209 Å². The summed E-state index contributed by atoms with van der Waals surface area (Å²) in [7, 11) is 0. The largest absolute Gasteiger partial charge is 0.343 e. The Bertz CT molecular complexity index is 1340. The maximum Gasteiger partial charge on any atom is 0.259 e. The first kappa shape index (κ1) is 23.4. The van der Waals surface area contributed by atoms with E-state index in [1.54, 1.807) is 28.9 Å². The van der Waals surface area contributed by atoms with Crippen LogP contribution in [0.1, 0.15) is 15.9 Å². The zero-order valence-corrected chi connectivity index (χ0v) is 20.1. The van der Waals surface area contributed by atoms with Crippen LogP contribution in [0.2, 0.25) is 5.02 Å². The summed E-state index contributed by atoms with van der Waals surface area (Å²) in [6.07, 6.45) is 3.36. The average Bonchev–Trinajstić information content (AvgIpc) is 3.28. The number of carbonyl (C=O) groups is 2. The highest BCUT2D eigenvalue weighted by Gasteiger charge is 2.12. The summed E-state index contributed by atoms with van der Waals surface area (Å²) in [5, 5.41) is 11.6. The van der Waals surface area contributed by atoms with Gasteiger partial charge in [-0.2, -0.15) is 10.2 Å².